The second-order valence-electron chi connectivity index (χ2n) is 6.15. The zero-order valence-electron chi connectivity index (χ0n) is 16.2. The van der Waals surface area contributed by atoms with Crippen LogP contribution in [-0.4, -0.2) is 25.5 Å². The van der Waals surface area contributed by atoms with Gasteiger partial charge in [-0.2, -0.15) is 5.26 Å². The normalized spacial score (nSPS) is 10.0. The van der Waals surface area contributed by atoms with E-state index in [2.05, 4.69) is 16.7 Å². The molecule has 30 heavy (non-hydrogen) atoms. The number of hydrogen-bond acceptors (Lipinski definition) is 5. The zero-order valence-corrected chi connectivity index (χ0v) is 17.0. The Labute approximate surface area is 178 Å². The third-order valence-electron chi connectivity index (χ3n) is 4.12. The molecule has 0 spiro atoms. The molecular weight excluding hydrogens is 398 g/mol. The lowest BCUT2D eigenvalue weighted by molar-refractivity contribution is -0.122. The highest BCUT2D eigenvalue weighted by Crippen LogP contribution is 2.33. The van der Waals surface area contributed by atoms with Gasteiger partial charge in [0.25, 0.3) is 11.8 Å². The van der Waals surface area contributed by atoms with Crippen molar-refractivity contribution < 1.29 is 14.3 Å². The number of anilines is 1. The Hall–Kier alpha value is -3.76. The van der Waals surface area contributed by atoms with Gasteiger partial charge < -0.3 is 15.4 Å². The minimum atomic E-state index is -0.258. The minimum Gasteiger partial charge on any atom is -0.484 e. The Morgan fingerprint density at radius 3 is 2.33 bits per heavy atom. The minimum absolute atomic E-state index is 0.0724. The number of carbonyl (C=O) groups excluding carboxylic acids is 2. The maximum absolute atomic E-state index is 12.8. The van der Waals surface area contributed by atoms with Crippen LogP contribution in [0.15, 0.2) is 82.6 Å². The summed E-state index contributed by atoms with van der Waals surface area (Å²) in [5.74, 6) is 0.0479. The van der Waals surface area contributed by atoms with Crippen LogP contribution in [0, 0.1) is 11.3 Å². The number of rotatable bonds is 7. The summed E-state index contributed by atoms with van der Waals surface area (Å²) in [5, 5.41) is 14.6. The molecule has 0 aliphatic rings. The number of nitrogens with zero attached hydrogens (tertiary/aromatic N) is 1. The monoisotopic (exact) mass is 417 g/mol. The molecule has 0 atom stereocenters. The van der Waals surface area contributed by atoms with Crippen molar-refractivity contribution in [2.45, 2.75) is 9.79 Å². The highest BCUT2D eigenvalue weighted by Gasteiger charge is 2.14. The van der Waals surface area contributed by atoms with Crippen LogP contribution in [0.2, 0.25) is 0 Å². The van der Waals surface area contributed by atoms with E-state index in [0.29, 0.717) is 22.6 Å². The van der Waals surface area contributed by atoms with Gasteiger partial charge in [-0.05, 0) is 48.5 Å². The van der Waals surface area contributed by atoms with Gasteiger partial charge in [0.1, 0.15) is 11.8 Å². The van der Waals surface area contributed by atoms with Crippen LogP contribution in [0.4, 0.5) is 5.69 Å². The van der Waals surface area contributed by atoms with E-state index in [0.717, 1.165) is 9.79 Å². The van der Waals surface area contributed by atoms with Gasteiger partial charge in [0, 0.05) is 22.5 Å². The van der Waals surface area contributed by atoms with Gasteiger partial charge in [-0.25, -0.2) is 0 Å². The third-order valence-corrected chi connectivity index (χ3v) is 5.27. The number of hydrogen-bond donors (Lipinski definition) is 2. The van der Waals surface area contributed by atoms with Gasteiger partial charge in [-0.15, -0.1) is 0 Å². The fourth-order valence-corrected chi connectivity index (χ4v) is 3.59. The first kappa shape index (κ1) is 21.0. The average Bonchev–Trinajstić information content (AvgIpc) is 2.79. The zero-order chi connectivity index (χ0) is 21.3. The van der Waals surface area contributed by atoms with Crippen LogP contribution in [-0.2, 0) is 4.79 Å². The van der Waals surface area contributed by atoms with Gasteiger partial charge in [-0.1, -0.05) is 36.0 Å². The molecule has 3 aromatic rings. The molecule has 0 fully saturated rings. The number of carbonyl (C=O) groups is 2. The molecule has 6 nitrogen and oxygen atoms in total. The first-order chi connectivity index (χ1) is 14.6. The van der Waals surface area contributed by atoms with Gasteiger partial charge in [0.15, 0.2) is 6.61 Å². The van der Waals surface area contributed by atoms with Crippen LogP contribution in [0.1, 0.15) is 15.9 Å². The van der Waals surface area contributed by atoms with Crippen molar-refractivity contribution in [3.05, 3.63) is 83.9 Å². The first-order valence-electron chi connectivity index (χ1n) is 9.11. The van der Waals surface area contributed by atoms with E-state index in [1.807, 2.05) is 30.3 Å². The van der Waals surface area contributed by atoms with Gasteiger partial charge in [0.05, 0.1) is 11.1 Å². The summed E-state index contributed by atoms with van der Waals surface area (Å²) in [5.41, 5.74) is 1.67. The van der Waals surface area contributed by atoms with Crippen molar-refractivity contribution in [3.8, 4) is 11.8 Å². The van der Waals surface area contributed by atoms with Gasteiger partial charge in [0.2, 0.25) is 0 Å². The van der Waals surface area contributed by atoms with E-state index in [1.165, 1.54) is 11.8 Å². The highest BCUT2D eigenvalue weighted by atomic mass is 32.2. The molecule has 7 heteroatoms. The van der Waals surface area contributed by atoms with Gasteiger partial charge in [-0.3, -0.25) is 9.59 Å². The topological polar surface area (TPSA) is 91.2 Å². The Balaban J connectivity index is 1.72. The van der Waals surface area contributed by atoms with E-state index in [4.69, 9.17) is 4.74 Å². The molecule has 0 saturated heterocycles. The SMILES string of the molecule is CNC(=O)COc1ccc(NC(=O)c2ccccc2Sc2ccccc2C#N)cc1. The summed E-state index contributed by atoms with van der Waals surface area (Å²) in [7, 11) is 1.54. The van der Waals surface area contributed by atoms with Crippen LogP contribution in [0.5, 0.6) is 5.75 Å². The molecule has 2 N–H and O–H groups in total. The number of benzene rings is 3. The number of nitriles is 1. The lowest BCUT2D eigenvalue weighted by Crippen LogP contribution is -2.24. The van der Waals surface area contributed by atoms with Crippen molar-refractivity contribution in [2.75, 3.05) is 19.0 Å². The lowest BCUT2D eigenvalue weighted by atomic mass is 10.2. The Kier molecular flexibility index (Phi) is 7.09. The second-order valence-corrected chi connectivity index (χ2v) is 7.23. The predicted molar refractivity (Wildman–Crippen MR) is 116 cm³/mol. The Morgan fingerprint density at radius 1 is 0.967 bits per heavy atom. The maximum atomic E-state index is 12.8. The van der Waals surface area contributed by atoms with E-state index in [1.54, 1.807) is 49.5 Å². The van der Waals surface area contributed by atoms with E-state index in [9.17, 15) is 14.9 Å². The summed E-state index contributed by atoms with van der Waals surface area (Å²) in [4.78, 5) is 25.6. The predicted octanol–water partition coefficient (Wildman–Crippen LogP) is 4.09. The molecular formula is C23H19N3O3S. The van der Waals surface area contributed by atoms with Crippen molar-refractivity contribution in [3.63, 3.8) is 0 Å². The number of ether oxygens (including phenoxy) is 1. The summed E-state index contributed by atoms with van der Waals surface area (Å²) in [6.07, 6.45) is 0. The molecule has 0 aliphatic heterocycles. The maximum Gasteiger partial charge on any atom is 0.257 e. The largest absolute Gasteiger partial charge is 0.484 e. The number of nitrogens with one attached hydrogen (secondary N) is 2. The van der Waals surface area contributed by atoms with E-state index < -0.39 is 0 Å². The van der Waals surface area contributed by atoms with Crippen molar-refractivity contribution in [1.29, 1.82) is 5.26 Å². The third kappa shape index (κ3) is 5.40. The molecule has 2 amide bonds. The smallest absolute Gasteiger partial charge is 0.257 e. The average molecular weight is 417 g/mol. The Bertz CT molecular complexity index is 1090. The fraction of sp³-hybridized carbons (Fsp3) is 0.0870. The number of amides is 2. The Morgan fingerprint density at radius 2 is 1.63 bits per heavy atom. The lowest BCUT2D eigenvalue weighted by Gasteiger charge is -2.11. The van der Waals surface area contributed by atoms with E-state index >= 15 is 0 Å². The molecule has 0 unspecified atom stereocenters. The standard InChI is InChI=1S/C23H19N3O3S/c1-25-22(27)15-29-18-12-10-17(11-13-18)26-23(28)19-7-3-5-9-21(19)30-20-8-4-2-6-16(20)14-24/h2-13H,15H2,1H3,(H,25,27)(H,26,28). The van der Waals surface area contributed by atoms with E-state index in [-0.39, 0.29) is 18.4 Å². The number of likely N-dealkylation sites (N-methyl/N-ethyl adjacent to an activating group) is 1. The summed E-state index contributed by atoms with van der Waals surface area (Å²) >= 11 is 1.38. The molecule has 0 heterocycles. The summed E-state index contributed by atoms with van der Waals surface area (Å²) in [6.45, 7) is -0.0724. The quantitative estimate of drug-likeness (QED) is 0.604. The van der Waals surface area contributed by atoms with Crippen LogP contribution < -0.4 is 15.4 Å². The molecule has 3 aromatic carbocycles. The van der Waals surface area contributed by atoms with Crippen LogP contribution >= 0.6 is 11.8 Å². The van der Waals surface area contributed by atoms with Gasteiger partial charge >= 0.3 is 0 Å². The molecule has 0 bridgehead atoms. The second kappa shape index (κ2) is 10.1. The fourth-order valence-electron chi connectivity index (χ4n) is 2.56. The molecule has 0 saturated carbocycles. The first-order valence-corrected chi connectivity index (χ1v) is 9.93. The van der Waals surface area contributed by atoms with Crippen molar-refractivity contribution in [2.24, 2.45) is 0 Å². The molecule has 3 rings (SSSR count). The highest BCUT2D eigenvalue weighted by molar-refractivity contribution is 7.99. The summed E-state index contributed by atoms with van der Waals surface area (Å²) < 4.78 is 5.36. The molecule has 150 valence electrons. The van der Waals surface area contributed by atoms with Crippen LogP contribution in [0.25, 0.3) is 0 Å². The molecule has 0 aromatic heterocycles. The molecule has 0 radical (unpaired) electrons. The summed E-state index contributed by atoms with van der Waals surface area (Å²) in [6, 6.07) is 23.5. The van der Waals surface area contributed by atoms with Crippen molar-refractivity contribution in [1.82, 2.24) is 5.32 Å². The van der Waals surface area contributed by atoms with Crippen molar-refractivity contribution >= 4 is 29.3 Å². The van der Waals surface area contributed by atoms with Crippen LogP contribution in [0.3, 0.4) is 0 Å². The molecule has 0 aliphatic carbocycles.